The van der Waals surface area contributed by atoms with Crippen molar-refractivity contribution in [2.75, 3.05) is 43.1 Å². The molecule has 0 atom stereocenters. The molecule has 1 amide bonds. The molecular weight excluding hydrogens is 382 g/mol. The zero-order valence-corrected chi connectivity index (χ0v) is 16.9. The van der Waals surface area contributed by atoms with E-state index in [1.54, 1.807) is 0 Å². The number of benzene rings is 2. The molecule has 4 rings (SSSR count). The second-order valence-corrected chi connectivity index (χ2v) is 7.31. The Morgan fingerprint density at radius 2 is 1.83 bits per heavy atom. The number of H-pyrrole nitrogens is 1. The number of carbonyl (C=O) groups is 2. The number of para-hydroxylation sites is 1. The van der Waals surface area contributed by atoms with Crippen molar-refractivity contribution in [1.82, 2.24) is 4.98 Å². The SMILES string of the molecule is Cc1[nH]c2ccccc2c1CC(=O)OCC(=O)Nc1ccc(N2CCOCC2)cc1. The summed E-state index contributed by atoms with van der Waals surface area (Å²) < 4.78 is 10.5. The number of anilines is 2. The molecule has 2 aromatic carbocycles. The van der Waals surface area contributed by atoms with Crippen molar-refractivity contribution in [2.24, 2.45) is 0 Å². The number of morpholine rings is 1. The summed E-state index contributed by atoms with van der Waals surface area (Å²) in [5.41, 5.74) is 4.57. The van der Waals surface area contributed by atoms with Crippen LogP contribution in [0, 0.1) is 6.92 Å². The van der Waals surface area contributed by atoms with Crippen LogP contribution in [0.5, 0.6) is 0 Å². The molecule has 1 fully saturated rings. The average Bonchev–Trinajstić information content (AvgIpc) is 3.08. The lowest BCUT2D eigenvalue weighted by Gasteiger charge is -2.28. The number of ether oxygens (including phenoxy) is 2. The minimum absolute atomic E-state index is 0.122. The zero-order chi connectivity index (χ0) is 20.9. The summed E-state index contributed by atoms with van der Waals surface area (Å²) in [6.07, 6.45) is 0.122. The zero-order valence-electron chi connectivity index (χ0n) is 16.9. The van der Waals surface area contributed by atoms with Gasteiger partial charge in [-0.3, -0.25) is 9.59 Å². The maximum atomic E-state index is 12.3. The van der Waals surface area contributed by atoms with E-state index in [2.05, 4.69) is 15.2 Å². The average molecular weight is 407 g/mol. The van der Waals surface area contributed by atoms with Gasteiger partial charge >= 0.3 is 5.97 Å². The molecule has 3 aromatic rings. The number of amides is 1. The van der Waals surface area contributed by atoms with Crippen LogP contribution in [-0.2, 0) is 25.5 Å². The van der Waals surface area contributed by atoms with E-state index in [0.717, 1.165) is 54.2 Å². The van der Waals surface area contributed by atoms with E-state index in [4.69, 9.17) is 9.47 Å². The molecule has 0 bridgehead atoms. The summed E-state index contributed by atoms with van der Waals surface area (Å²) in [7, 11) is 0. The predicted molar refractivity (Wildman–Crippen MR) is 116 cm³/mol. The minimum Gasteiger partial charge on any atom is -0.455 e. The van der Waals surface area contributed by atoms with Crippen LogP contribution in [0.4, 0.5) is 11.4 Å². The summed E-state index contributed by atoms with van der Waals surface area (Å²) in [5, 5.41) is 3.76. The van der Waals surface area contributed by atoms with Crippen molar-refractivity contribution in [3.63, 3.8) is 0 Å². The van der Waals surface area contributed by atoms with Crippen LogP contribution in [0.1, 0.15) is 11.3 Å². The Bertz CT molecular complexity index is 1040. The summed E-state index contributed by atoms with van der Waals surface area (Å²) in [6.45, 7) is 4.78. The van der Waals surface area contributed by atoms with Gasteiger partial charge in [-0.05, 0) is 42.8 Å². The van der Waals surface area contributed by atoms with Gasteiger partial charge in [0.2, 0.25) is 0 Å². The monoisotopic (exact) mass is 407 g/mol. The fourth-order valence-electron chi connectivity index (χ4n) is 3.68. The number of nitrogens with zero attached hydrogens (tertiary/aromatic N) is 1. The molecule has 0 saturated carbocycles. The highest BCUT2D eigenvalue weighted by atomic mass is 16.5. The highest BCUT2D eigenvalue weighted by molar-refractivity contribution is 5.93. The van der Waals surface area contributed by atoms with Crippen molar-refractivity contribution in [3.8, 4) is 0 Å². The second-order valence-electron chi connectivity index (χ2n) is 7.31. The summed E-state index contributed by atoms with van der Waals surface area (Å²) in [5.74, 6) is -0.793. The highest BCUT2D eigenvalue weighted by Gasteiger charge is 2.15. The number of rotatable bonds is 6. The van der Waals surface area contributed by atoms with Gasteiger partial charge in [0, 0.05) is 41.1 Å². The van der Waals surface area contributed by atoms with E-state index < -0.39 is 5.97 Å². The number of nitrogens with one attached hydrogen (secondary N) is 2. The first kappa shape index (κ1) is 20.0. The third kappa shape index (κ3) is 4.63. The van der Waals surface area contributed by atoms with Crippen LogP contribution in [0.15, 0.2) is 48.5 Å². The molecule has 1 saturated heterocycles. The number of aromatic nitrogens is 1. The van der Waals surface area contributed by atoms with Gasteiger partial charge in [-0.2, -0.15) is 0 Å². The molecule has 7 heteroatoms. The Balaban J connectivity index is 1.28. The van der Waals surface area contributed by atoms with Crippen LogP contribution >= 0.6 is 0 Å². The van der Waals surface area contributed by atoms with Crippen molar-refractivity contribution in [3.05, 3.63) is 59.8 Å². The van der Waals surface area contributed by atoms with Crippen molar-refractivity contribution >= 4 is 34.2 Å². The number of hydrogen-bond acceptors (Lipinski definition) is 5. The summed E-state index contributed by atoms with van der Waals surface area (Å²) >= 11 is 0. The van der Waals surface area contributed by atoms with E-state index in [-0.39, 0.29) is 18.9 Å². The molecule has 2 N–H and O–H groups in total. The van der Waals surface area contributed by atoms with Crippen molar-refractivity contribution in [2.45, 2.75) is 13.3 Å². The molecular formula is C23H25N3O4. The quantitative estimate of drug-likeness (QED) is 0.614. The lowest BCUT2D eigenvalue weighted by molar-refractivity contribution is -0.146. The Labute approximate surface area is 175 Å². The first-order valence-electron chi connectivity index (χ1n) is 10.0. The summed E-state index contributed by atoms with van der Waals surface area (Å²) in [4.78, 5) is 29.9. The van der Waals surface area contributed by atoms with Crippen LogP contribution in [0.2, 0.25) is 0 Å². The Kier molecular flexibility index (Phi) is 5.99. The van der Waals surface area contributed by atoms with Crippen LogP contribution in [-0.4, -0.2) is 49.8 Å². The molecule has 1 aliphatic rings. The van der Waals surface area contributed by atoms with Gasteiger partial charge in [-0.1, -0.05) is 18.2 Å². The molecule has 0 aliphatic carbocycles. The third-order valence-electron chi connectivity index (χ3n) is 5.24. The normalized spacial score (nSPS) is 14.0. The smallest absolute Gasteiger partial charge is 0.310 e. The van der Waals surface area contributed by atoms with E-state index in [1.165, 1.54) is 0 Å². The second kappa shape index (κ2) is 9.00. The maximum absolute atomic E-state index is 12.3. The number of carbonyl (C=O) groups excluding carboxylic acids is 2. The first-order valence-corrected chi connectivity index (χ1v) is 10.0. The maximum Gasteiger partial charge on any atom is 0.310 e. The molecule has 0 radical (unpaired) electrons. The van der Waals surface area contributed by atoms with Gasteiger partial charge in [-0.25, -0.2) is 0 Å². The number of hydrogen-bond donors (Lipinski definition) is 2. The van der Waals surface area contributed by atoms with E-state index in [9.17, 15) is 9.59 Å². The van der Waals surface area contributed by atoms with Gasteiger partial charge < -0.3 is 24.7 Å². The van der Waals surface area contributed by atoms with E-state index in [0.29, 0.717) is 5.69 Å². The highest BCUT2D eigenvalue weighted by Crippen LogP contribution is 2.22. The summed E-state index contributed by atoms with van der Waals surface area (Å²) in [6, 6.07) is 15.4. The molecule has 7 nitrogen and oxygen atoms in total. The van der Waals surface area contributed by atoms with Crippen molar-refractivity contribution in [1.29, 1.82) is 0 Å². The van der Waals surface area contributed by atoms with Crippen LogP contribution in [0.3, 0.4) is 0 Å². The number of esters is 1. The molecule has 1 aromatic heterocycles. The number of aryl methyl sites for hydroxylation is 1. The topological polar surface area (TPSA) is 83.7 Å². The van der Waals surface area contributed by atoms with E-state index >= 15 is 0 Å². The Morgan fingerprint density at radius 3 is 2.60 bits per heavy atom. The third-order valence-corrected chi connectivity index (χ3v) is 5.24. The first-order chi connectivity index (χ1) is 14.6. The molecule has 0 spiro atoms. The van der Waals surface area contributed by atoms with Gasteiger partial charge in [0.05, 0.1) is 19.6 Å². The number of aromatic amines is 1. The van der Waals surface area contributed by atoms with Gasteiger partial charge in [0.15, 0.2) is 6.61 Å². The fraction of sp³-hybridized carbons (Fsp3) is 0.304. The molecule has 1 aliphatic heterocycles. The molecule has 30 heavy (non-hydrogen) atoms. The lowest BCUT2D eigenvalue weighted by atomic mass is 10.1. The Morgan fingerprint density at radius 1 is 1.10 bits per heavy atom. The largest absolute Gasteiger partial charge is 0.455 e. The minimum atomic E-state index is -0.430. The van der Waals surface area contributed by atoms with Crippen LogP contribution in [0.25, 0.3) is 10.9 Å². The molecule has 2 heterocycles. The van der Waals surface area contributed by atoms with Crippen molar-refractivity contribution < 1.29 is 19.1 Å². The van der Waals surface area contributed by atoms with Gasteiger partial charge in [0.25, 0.3) is 5.91 Å². The van der Waals surface area contributed by atoms with Crippen LogP contribution < -0.4 is 10.2 Å². The lowest BCUT2D eigenvalue weighted by Crippen LogP contribution is -2.36. The van der Waals surface area contributed by atoms with Gasteiger partial charge in [0.1, 0.15) is 0 Å². The molecule has 0 unspecified atom stereocenters. The Hall–Kier alpha value is -3.32. The molecule has 156 valence electrons. The predicted octanol–water partition coefficient (Wildman–Crippen LogP) is 3.04. The number of fused-ring (bicyclic) bond motifs is 1. The fourth-order valence-corrected chi connectivity index (χ4v) is 3.68. The standard InChI is InChI=1S/C23H25N3O4/c1-16-20(19-4-2-3-5-21(19)24-16)14-23(28)30-15-22(27)25-17-6-8-18(9-7-17)26-10-12-29-13-11-26/h2-9,24H,10-15H2,1H3,(H,25,27). The van der Waals surface area contributed by atoms with Gasteiger partial charge in [-0.15, -0.1) is 0 Å². The van der Waals surface area contributed by atoms with E-state index in [1.807, 2.05) is 55.5 Å².